The predicted molar refractivity (Wildman–Crippen MR) is 147 cm³/mol. The van der Waals surface area contributed by atoms with Crippen LogP contribution >= 0.6 is 45.2 Å². The molecule has 0 bridgehead atoms. The topological polar surface area (TPSA) is 27.7 Å². The molecular formula is C27H30I3O3+. The molecule has 0 N–H and O–H groups in total. The van der Waals surface area contributed by atoms with E-state index in [0.29, 0.717) is 6.61 Å². The van der Waals surface area contributed by atoms with Crippen LogP contribution in [0.2, 0.25) is 0 Å². The second-order valence-electron chi connectivity index (χ2n) is 8.72. The maximum Gasteiger partial charge on any atom is 0.358 e. The van der Waals surface area contributed by atoms with Crippen molar-refractivity contribution in [2.24, 2.45) is 0 Å². The minimum Gasteiger partial charge on any atom is -0.464 e. The fourth-order valence-corrected chi connectivity index (χ4v) is 6.62. The second kappa shape index (κ2) is 11.9. The van der Waals surface area contributed by atoms with Gasteiger partial charge in [-0.1, -0.05) is 32.9 Å². The zero-order valence-corrected chi connectivity index (χ0v) is 26.3. The minimum atomic E-state index is -0.283. The molecule has 0 radical (unpaired) electrons. The van der Waals surface area contributed by atoms with Crippen molar-refractivity contribution in [1.82, 2.24) is 0 Å². The van der Waals surface area contributed by atoms with E-state index >= 15 is 0 Å². The number of aryl methyl sites for hydroxylation is 1. The van der Waals surface area contributed by atoms with Crippen molar-refractivity contribution >= 4 is 45.2 Å². The monoisotopic (exact) mass is 783 g/mol. The van der Waals surface area contributed by atoms with Crippen LogP contribution in [-0.2, 0) is 10.2 Å². The average Bonchev–Trinajstić information content (AvgIpc) is 2.73. The molecule has 0 heterocycles. The van der Waals surface area contributed by atoms with Gasteiger partial charge in [0.2, 0.25) is 0 Å². The van der Waals surface area contributed by atoms with Crippen LogP contribution in [0.5, 0.6) is 17.2 Å². The van der Waals surface area contributed by atoms with Crippen LogP contribution in [0.3, 0.4) is 0 Å². The minimum absolute atomic E-state index is 0.187. The Kier molecular flexibility index (Phi) is 9.74. The number of hydrogen-bond donors (Lipinski definition) is 0. The molecule has 0 aliphatic rings. The van der Waals surface area contributed by atoms with E-state index in [2.05, 4.69) is 115 Å². The van der Waals surface area contributed by atoms with Crippen molar-refractivity contribution in [3.63, 3.8) is 0 Å². The highest BCUT2D eigenvalue weighted by Gasteiger charge is 2.21. The fraction of sp³-hybridized carbons (Fsp3) is 0.333. The van der Waals surface area contributed by atoms with E-state index in [1.54, 1.807) is 0 Å². The smallest absolute Gasteiger partial charge is 0.358 e. The SMILES string of the molecule is CCOC(C)Oc1cc(I)c(Oc2ccc([I+]c3ccc(C(C)(C)C)cc3)c(C)c2)cc1I. The van der Waals surface area contributed by atoms with Crippen LogP contribution in [0.1, 0.15) is 45.7 Å². The van der Waals surface area contributed by atoms with Gasteiger partial charge in [0, 0.05) is 12.2 Å². The van der Waals surface area contributed by atoms with Gasteiger partial charge in [0.25, 0.3) is 0 Å². The highest BCUT2D eigenvalue weighted by molar-refractivity contribution is 14.1. The summed E-state index contributed by atoms with van der Waals surface area (Å²) in [5, 5.41) is 0. The lowest BCUT2D eigenvalue weighted by atomic mass is 9.87. The van der Waals surface area contributed by atoms with E-state index in [1.807, 2.05) is 26.0 Å². The van der Waals surface area contributed by atoms with Crippen LogP contribution in [0.15, 0.2) is 54.6 Å². The third kappa shape index (κ3) is 7.70. The molecule has 6 heteroatoms. The second-order valence-corrected chi connectivity index (χ2v) is 14.0. The Morgan fingerprint density at radius 2 is 1.55 bits per heavy atom. The highest BCUT2D eigenvalue weighted by atomic mass is 127. The van der Waals surface area contributed by atoms with Crippen molar-refractivity contribution in [2.45, 2.75) is 53.2 Å². The van der Waals surface area contributed by atoms with Gasteiger partial charge < -0.3 is 14.2 Å². The summed E-state index contributed by atoms with van der Waals surface area (Å²) in [6.07, 6.45) is -0.283. The van der Waals surface area contributed by atoms with Gasteiger partial charge in [-0.3, -0.25) is 0 Å². The molecule has 1 atom stereocenters. The molecule has 3 aromatic carbocycles. The summed E-state index contributed by atoms with van der Waals surface area (Å²) in [5.74, 6) is 2.49. The Labute approximate surface area is 235 Å². The summed E-state index contributed by atoms with van der Waals surface area (Å²) in [5.41, 5.74) is 2.84. The van der Waals surface area contributed by atoms with E-state index in [-0.39, 0.29) is 32.9 Å². The van der Waals surface area contributed by atoms with Gasteiger partial charge in [0.05, 0.1) is 7.14 Å². The zero-order chi connectivity index (χ0) is 24.2. The van der Waals surface area contributed by atoms with Crippen molar-refractivity contribution in [2.75, 3.05) is 6.61 Å². The first-order chi connectivity index (χ1) is 15.6. The van der Waals surface area contributed by atoms with Crippen molar-refractivity contribution < 1.29 is 35.4 Å². The first-order valence-electron chi connectivity index (χ1n) is 10.9. The largest absolute Gasteiger partial charge is 0.464 e. The van der Waals surface area contributed by atoms with E-state index in [4.69, 9.17) is 14.2 Å². The van der Waals surface area contributed by atoms with Gasteiger partial charge in [-0.2, -0.15) is 0 Å². The maximum absolute atomic E-state index is 6.25. The Bertz CT molecular complexity index is 1090. The molecule has 1 unspecified atom stereocenters. The van der Waals surface area contributed by atoms with Gasteiger partial charge in [-0.05, 0) is 119 Å². The summed E-state index contributed by atoms with van der Waals surface area (Å²) in [6.45, 7) is 13.4. The normalized spacial score (nSPS) is 12.5. The quantitative estimate of drug-likeness (QED) is 0.233. The summed E-state index contributed by atoms with van der Waals surface area (Å²) in [6, 6.07) is 19.6. The first kappa shape index (κ1) is 27.0. The number of ether oxygens (including phenoxy) is 3. The summed E-state index contributed by atoms with van der Waals surface area (Å²) < 4.78 is 22.5. The number of rotatable bonds is 8. The number of hydrogen-bond acceptors (Lipinski definition) is 3. The van der Waals surface area contributed by atoms with Crippen molar-refractivity contribution in [3.8, 4) is 17.2 Å². The van der Waals surface area contributed by atoms with Gasteiger partial charge in [-0.15, -0.1) is 0 Å². The molecule has 176 valence electrons. The summed E-state index contributed by atoms with van der Waals surface area (Å²) in [4.78, 5) is 0. The Balaban J connectivity index is 1.72. The Morgan fingerprint density at radius 3 is 2.15 bits per heavy atom. The molecule has 0 saturated carbocycles. The Morgan fingerprint density at radius 1 is 0.909 bits per heavy atom. The molecule has 0 aliphatic heterocycles. The molecule has 3 rings (SSSR count). The maximum atomic E-state index is 6.25. The molecule has 0 saturated heterocycles. The molecule has 0 aromatic heterocycles. The summed E-state index contributed by atoms with van der Waals surface area (Å²) in [7, 11) is 0. The van der Waals surface area contributed by atoms with Crippen LogP contribution in [-0.4, -0.2) is 12.9 Å². The standard InChI is InChI=1S/C27H30I3O3/c1-7-31-18(3)32-25-15-23(29)26(16-22(25)28)33-21-12-13-24(17(2)14-21)30-20-10-8-19(9-11-20)27(4,5)6/h8-16,18H,7H2,1-6H3/q+1. The van der Waals surface area contributed by atoms with Crippen LogP contribution in [0.25, 0.3) is 0 Å². The molecule has 3 nitrogen and oxygen atoms in total. The van der Waals surface area contributed by atoms with E-state index < -0.39 is 0 Å². The number of halogens is 3. The van der Waals surface area contributed by atoms with Crippen LogP contribution in [0.4, 0.5) is 0 Å². The molecule has 33 heavy (non-hydrogen) atoms. The fourth-order valence-electron chi connectivity index (χ4n) is 3.17. The number of benzene rings is 3. The zero-order valence-electron chi connectivity index (χ0n) is 19.8. The molecule has 3 aromatic rings. The highest BCUT2D eigenvalue weighted by Crippen LogP contribution is 2.34. The molecule has 0 aliphatic carbocycles. The third-order valence-corrected chi connectivity index (χ3v) is 9.78. The molecule has 0 spiro atoms. The van der Waals surface area contributed by atoms with E-state index in [9.17, 15) is 0 Å². The molecule has 0 amide bonds. The Hall–Kier alpha value is -0.590. The van der Waals surface area contributed by atoms with Crippen molar-refractivity contribution in [1.29, 1.82) is 0 Å². The summed E-state index contributed by atoms with van der Waals surface area (Å²) >= 11 is 4.34. The van der Waals surface area contributed by atoms with Gasteiger partial charge in [0.1, 0.15) is 17.2 Å². The van der Waals surface area contributed by atoms with E-state index in [1.165, 1.54) is 18.3 Å². The lowest BCUT2D eigenvalue weighted by Crippen LogP contribution is -3.61. The van der Waals surface area contributed by atoms with E-state index in [0.717, 1.165) is 24.4 Å². The van der Waals surface area contributed by atoms with Crippen molar-refractivity contribution in [3.05, 3.63) is 80.0 Å². The lowest BCUT2D eigenvalue weighted by molar-refractivity contribution is -0.598. The predicted octanol–water partition coefficient (Wildman–Crippen LogP) is 5.18. The first-order valence-corrected chi connectivity index (χ1v) is 15.2. The molecule has 0 fully saturated rings. The van der Waals surface area contributed by atoms with Gasteiger partial charge in [-0.25, -0.2) is 0 Å². The molecular weight excluding hydrogens is 753 g/mol. The lowest BCUT2D eigenvalue weighted by Gasteiger charge is -2.18. The van der Waals surface area contributed by atoms with Gasteiger partial charge in [0.15, 0.2) is 13.4 Å². The average molecular weight is 783 g/mol. The van der Waals surface area contributed by atoms with Gasteiger partial charge >= 0.3 is 21.2 Å². The van der Waals surface area contributed by atoms with Crippen LogP contribution < -0.4 is 30.7 Å². The van der Waals surface area contributed by atoms with Crippen LogP contribution in [0, 0.1) is 21.2 Å². The third-order valence-electron chi connectivity index (χ3n) is 4.96.